The molecule has 10 nitrogen and oxygen atoms in total. The van der Waals surface area contributed by atoms with Crippen LogP contribution in [-0.2, 0) is 0 Å². The van der Waals surface area contributed by atoms with E-state index in [2.05, 4.69) is 9.97 Å². The van der Waals surface area contributed by atoms with Crippen molar-refractivity contribution in [2.75, 3.05) is 0 Å². The molecule has 0 aliphatic rings. The van der Waals surface area contributed by atoms with Gasteiger partial charge in [-0.2, -0.15) is 0 Å². The van der Waals surface area contributed by atoms with Crippen molar-refractivity contribution in [1.82, 2.24) is 9.97 Å². The fourth-order valence-corrected chi connectivity index (χ4v) is 1.84. The number of non-ortho nitro benzene ring substituents is 2. The molecule has 0 radical (unpaired) electrons. The van der Waals surface area contributed by atoms with Gasteiger partial charge in [0.05, 0.1) is 9.85 Å². The van der Waals surface area contributed by atoms with E-state index >= 15 is 0 Å². The summed E-state index contributed by atoms with van der Waals surface area (Å²) in [5, 5.41) is 29.5. The minimum Gasteiger partial charge on any atom is -0.508 e. The summed E-state index contributed by atoms with van der Waals surface area (Å²) in [6.45, 7) is 0. The summed E-state index contributed by atoms with van der Waals surface area (Å²) in [5.74, 6) is 0.745. The number of aromatic nitrogens is 2. The molecule has 11 heteroatoms. The zero-order valence-corrected chi connectivity index (χ0v) is 14.2. The number of phenolic OH excluding ortho intramolecular Hbond substituents is 1. The predicted octanol–water partition coefficient (Wildman–Crippen LogP) is 4.13. The monoisotopic (exact) mass is 390 g/mol. The standard InChI is InChI=1S/C10H6ClN3O3.C6H5NO3/c11-9-5-10(13-6-12-9)17-8-3-1-7(2-4-8)14(15)16;8-6-3-1-5(2-4-6)7(9)10/h1-6H;1-4,8H. The molecule has 0 saturated carbocycles. The van der Waals surface area contributed by atoms with Crippen LogP contribution in [0.15, 0.2) is 60.9 Å². The Morgan fingerprint density at radius 1 is 0.889 bits per heavy atom. The van der Waals surface area contributed by atoms with Gasteiger partial charge >= 0.3 is 0 Å². The fourth-order valence-electron chi connectivity index (χ4n) is 1.70. The molecule has 1 N–H and O–H groups in total. The van der Waals surface area contributed by atoms with E-state index in [0.29, 0.717) is 5.75 Å². The van der Waals surface area contributed by atoms with Crippen LogP contribution in [0.2, 0.25) is 5.15 Å². The van der Waals surface area contributed by atoms with Gasteiger partial charge in [0.25, 0.3) is 11.4 Å². The van der Waals surface area contributed by atoms with E-state index in [1.165, 1.54) is 60.9 Å². The van der Waals surface area contributed by atoms with Gasteiger partial charge in [0.1, 0.15) is 23.0 Å². The topological polar surface area (TPSA) is 142 Å². The highest BCUT2D eigenvalue weighted by atomic mass is 35.5. The van der Waals surface area contributed by atoms with Crippen LogP contribution in [0.25, 0.3) is 0 Å². The molecular weight excluding hydrogens is 380 g/mol. The van der Waals surface area contributed by atoms with Gasteiger partial charge in [0.15, 0.2) is 0 Å². The van der Waals surface area contributed by atoms with Crippen molar-refractivity contribution in [3.63, 3.8) is 0 Å². The summed E-state index contributed by atoms with van der Waals surface area (Å²) in [4.78, 5) is 27.0. The molecule has 0 atom stereocenters. The molecule has 0 amide bonds. The molecule has 1 aromatic heterocycles. The lowest BCUT2D eigenvalue weighted by Crippen LogP contribution is -1.90. The third-order valence-corrected chi connectivity index (χ3v) is 3.15. The summed E-state index contributed by atoms with van der Waals surface area (Å²) >= 11 is 5.66. The predicted molar refractivity (Wildman–Crippen MR) is 95.0 cm³/mol. The molecule has 0 unspecified atom stereocenters. The van der Waals surface area contributed by atoms with Gasteiger partial charge in [-0.15, -0.1) is 0 Å². The first-order valence-corrected chi connectivity index (χ1v) is 7.56. The molecule has 0 spiro atoms. The Hall–Kier alpha value is -3.79. The van der Waals surface area contributed by atoms with Gasteiger partial charge in [-0.1, -0.05) is 11.6 Å². The van der Waals surface area contributed by atoms with E-state index in [-0.39, 0.29) is 28.2 Å². The zero-order chi connectivity index (χ0) is 19.8. The number of hydrogen-bond acceptors (Lipinski definition) is 8. The van der Waals surface area contributed by atoms with Crippen molar-refractivity contribution in [3.8, 4) is 17.4 Å². The first kappa shape index (κ1) is 19.5. The fraction of sp³-hybridized carbons (Fsp3) is 0. The number of aromatic hydroxyl groups is 1. The molecule has 0 bridgehead atoms. The van der Waals surface area contributed by atoms with Crippen LogP contribution in [-0.4, -0.2) is 24.9 Å². The molecule has 0 saturated heterocycles. The van der Waals surface area contributed by atoms with Gasteiger partial charge in [-0.05, 0) is 24.3 Å². The van der Waals surface area contributed by atoms with Crippen molar-refractivity contribution >= 4 is 23.0 Å². The quantitative estimate of drug-likeness (QED) is 0.398. The number of benzene rings is 2. The Balaban J connectivity index is 0.000000223. The lowest BCUT2D eigenvalue weighted by atomic mass is 10.3. The van der Waals surface area contributed by atoms with Crippen LogP contribution in [0.4, 0.5) is 11.4 Å². The smallest absolute Gasteiger partial charge is 0.269 e. The first-order valence-electron chi connectivity index (χ1n) is 7.18. The van der Waals surface area contributed by atoms with Crippen molar-refractivity contribution in [2.45, 2.75) is 0 Å². The lowest BCUT2D eigenvalue weighted by molar-refractivity contribution is -0.385. The number of ether oxygens (including phenoxy) is 1. The van der Waals surface area contributed by atoms with Gasteiger partial charge < -0.3 is 9.84 Å². The normalized spacial score (nSPS) is 9.67. The molecule has 0 fully saturated rings. The summed E-state index contributed by atoms with van der Waals surface area (Å²) in [6, 6.07) is 12.1. The van der Waals surface area contributed by atoms with E-state index in [0.717, 1.165) is 0 Å². The molecule has 27 heavy (non-hydrogen) atoms. The highest BCUT2D eigenvalue weighted by molar-refractivity contribution is 6.29. The van der Waals surface area contributed by atoms with Crippen LogP contribution < -0.4 is 4.74 Å². The summed E-state index contributed by atoms with van der Waals surface area (Å²) < 4.78 is 5.34. The van der Waals surface area contributed by atoms with Crippen molar-refractivity contribution in [2.24, 2.45) is 0 Å². The molecule has 3 aromatic rings. The highest BCUT2D eigenvalue weighted by Crippen LogP contribution is 2.23. The average molecular weight is 391 g/mol. The second kappa shape index (κ2) is 9.06. The van der Waals surface area contributed by atoms with Gasteiger partial charge in [-0.25, -0.2) is 9.97 Å². The number of phenols is 1. The molecule has 2 aromatic carbocycles. The summed E-state index contributed by atoms with van der Waals surface area (Å²) in [7, 11) is 0. The third-order valence-electron chi connectivity index (χ3n) is 2.94. The van der Waals surface area contributed by atoms with E-state index in [1.54, 1.807) is 0 Å². The molecular formula is C16H11ClN4O6. The number of rotatable bonds is 4. The molecule has 3 rings (SSSR count). The van der Waals surface area contributed by atoms with E-state index < -0.39 is 9.85 Å². The zero-order valence-electron chi connectivity index (χ0n) is 13.4. The molecule has 0 aliphatic carbocycles. The van der Waals surface area contributed by atoms with Gasteiger partial charge in [-0.3, -0.25) is 20.2 Å². The van der Waals surface area contributed by atoms with Crippen molar-refractivity contribution in [1.29, 1.82) is 0 Å². The lowest BCUT2D eigenvalue weighted by Gasteiger charge is -2.03. The second-order valence-electron chi connectivity index (χ2n) is 4.81. The van der Waals surface area contributed by atoms with E-state index in [1.807, 2.05) is 0 Å². The van der Waals surface area contributed by atoms with E-state index in [4.69, 9.17) is 21.4 Å². The van der Waals surface area contributed by atoms with Crippen LogP contribution in [0, 0.1) is 20.2 Å². The Morgan fingerprint density at radius 2 is 1.41 bits per heavy atom. The van der Waals surface area contributed by atoms with Crippen molar-refractivity contribution in [3.05, 3.63) is 86.3 Å². The number of nitro groups is 2. The molecule has 0 aliphatic heterocycles. The van der Waals surface area contributed by atoms with E-state index in [9.17, 15) is 20.2 Å². The van der Waals surface area contributed by atoms with Crippen LogP contribution in [0.3, 0.4) is 0 Å². The first-order chi connectivity index (χ1) is 12.8. The highest BCUT2D eigenvalue weighted by Gasteiger charge is 2.06. The Kier molecular flexibility index (Phi) is 6.55. The maximum absolute atomic E-state index is 10.4. The Bertz CT molecular complexity index is 934. The maximum Gasteiger partial charge on any atom is 0.269 e. The van der Waals surface area contributed by atoms with Crippen LogP contribution in [0.1, 0.15) is 0 Å². The largest absolute Gasteiger partial charge is 0.508 e. The summed E-state index contributed by atoms with van der Waals surface area (Å²) in [5.41, 5.74) is -0.0177. The SMILES string of the molecule is O=[N+]([O-])c1ccc(O)cc1.O=[N+]([O-])c1ccc(Oc2cc(Cl)ncn2)cc1. The molecule has 138 valence electrons. The van der Waals surface area contributed by atoms with Gasteiger partial charge in [0, 0.05) is 30.3 Å². The Labute approximate surface area is 157 Å². The minimum absolute atomic E-state index is 0.00179. The number of nitro benzene ring substituents is 2. The van der Waals surface area contributed by atoms with Crippen molar-refractivity contribution < 1.29 is 19.7 Å². The van der Waals surface area contributed by atoms with Crippen LogP contribution in [0.5, 0.6) is 17.4 Å². The maximum atomic E-state index is 10.4. The van der Waals surface area contributed by atoms with Gasteiger partial charge in [0.2, 0.25) is 5.88 Å². The number of nitrogens with zero attached hydrogens (tertiary/aromatic N) is 4. The second-order valence-corrected chi connectivity index (χ2v) is 5.19. The number of halogens is 1. The number of hydrogen-bond donors (Lipinski definition) is 1. The average Bonchev–Trinajstić information content (AvgIpc) is 2.63. The minimum atomic E-state index is -0.514. The van der Waals surface area contributed by atoms with Crippen LogP contribution >= 0.6 is 11.6 Å². The Morgan fingerprint density at radius 3 is 1.89 bits per heavy atom. The third kappa shape index (κ3) is 6.21. The summed E-state index contributed by atoms with van der Waals surface area (Å²) in [6.07, 6.45) is 1.27. The molecule has 1 heterocycles.